The van der Waals surface area contributed by atoms with Gasteiger partial charge in [-0.15, -0.1) is 0 Å². The van der Waals surface area contributed by atoms with Crippen molar-refractivity contribution in [1.82, 2.24) is 0 Å². The molecule has 0 bridgehead atoms. The Balaban J connectivity index is 1.98. The maximum atomic E-state index is 10.6. The van der Waals surface area contributed by atoms with Crippen LogP contribution in [0.15, 0.2) is 0 Å². The van der Waals surface area contributed by atoms with Crippen molar-refractivity contribution < 1.29 is 19.0 Å². The molecule has 16 heavy (non-hydrogen) atoms. The molecule has 0 saturated carbocycles. The Hall–Kier alpha value is -1.05. The van der Waals surface area contributed by atoms with Gasteiger partial charge in [0, 0.05) is 18.9 Å². The Morgan fingerprint density at radius 1 is 1.50 bits per heavy atom. The van der Waals surface area contributed by atoms with E-state index in [1.54, 1.807) is 0 Å². The third kappa shape index (κ3) is 5.74. The van der Waals surface area contributed by atoms with E-state index < -0.39 is 5.97 Å². The van der Waals surface area contributed by atoms with Crippen molar-refractivity contribution >= 4 is 5.97 Å². The van der Waals surface area contributed by atoms with Gasteiger partial charge in [-0.05, 0) is 25.7 Å². The first-order chi connectivity index (χ1) is 7.83. The first-order valence-corrected chi connectivity index (χ1v) is 5.63. The van der Waals surface area contributed by atoms with Crippen LogP contribution in [0.5, 0.6) is 0 Å². The standard InChI is InChI=1S/C12H18O4/c1-14-11(13)7-3-2-5-9-15-12-8-4-6-10-16-12/h12H,2,4-6,8-10H2,1H3. The maximum absolute atomic E-state index is 10.6. The highest BCUT2D eigenvalue weighted by Crippen LogP contribution is 2.13. The summed E-state index contributed by atoms with van der Waals surface area (Å²) in [6.07, 6.45) is 4.69. The Morgan fingerprint density at radius 2 is 2.38 bits per heavy atom. The van der Waals surface area contributed by atoms with Crippen molar-refractivity contribution in [2.45, 2.75) is 38.4 Å². The topological polar surface area (TPSA) is 44.8 Å². The highest BCUT2D eigenvalue weighted by Gasteiger charge is 2.12. The lowest BCUT2D eigenvalue weighted by Crippen LogP contribution is -2.22. The number of ether oxygens (including phenoxy) is 3. The summed E-state index contributed by atoms with van der Waals surface area (Å²) < 4.78 is 15.3. The maximum Gasteiger partial charge on any atom is 0.384 e. The van der Waals surface area contributed by atoms with E-state index in [1.165, 1.54) is 13.5 Å². The first-order valence-electron chi connectivity index (χ1n) is 5.63. The zero-order chi connectivity index (χ0) is 11.6. The predicted molar refractivity (Wildman–Crippen MR) is 58.6 cm³/mol. The average Bonchev–Trinajstić information content (AvgIpc) is 2.34. The minimum absolute atomic E-state index is 0.0395. The van der Waals surface area contributed by atoms with Crippen LogP contribution in [0, 0.1) is 11.8 Å². The van der Waals surface area contributed by atoms with E-state index in [0.29, 0.717) is 13.0 Å². The Morgan fingerprint density at radius 3 is 3.06 bits per heavy atom. The minimum atomic E-state index is -0.489. The molecular weight excluding hydrogens is 208 g/mol. The molecule has 0 N–H and O–H groups in total. The summed E-state index contributed by atoms with van der Waals surface area (Å²) in [5.41, 5.74) is 0. The van der Waals surface area contributed by atoms with Gasteiger partial charge in [-0.2, -0.15) is 0 Å². The van der Waals surface area contributed by atoms with E-state index in [0.717, 1.165) is 25.9 Å². The van der Waals surface area contributed by atoms with E-state index >= 15 is 0 Å². The fourth-order valence-electron chi connectivity index (χ4n) is 1.40. The molecule has 4 heteroatoms. The van der Waals surface area contributed by atoms with E-state index in [2.05, 4.69) is 16.6 Å². The Bertz CT molecular complexity index is 258. The van der Waals surface area contributed by atoms with E-state index in [4.69, 9.17) is 9.47 Å². The molecule has 1 aliphatic rings. The van der Waals surface area contributed by atoms with Crippen LogP contribution < -0.4 is 0 Å². The summed E-state index contributed by atoms with van der Waals surface area (Å²) >= 11 is 0. The number of esters is 1. The summed E-state index contributed by atoms with van der Waals surface area (Å²) in [5, 5.41) is 0. The summed E-state index contributed by atoms with van der Waals surface area (Å²) in [7, 11) is 1.32. The summed E-state index contributed by atoms with van der Waals surface area (Å²) in [4.78, 5) is 10.6. The third-order valence-electron chi connectivity index (χ3n) is 2.26. The quantitative estimate of drug-likeness (QED) is 0.315. The number of rotatable bonds is 4. The second-order valence-electron chi connectivity index (χ2n) is 3.56. The Labute approximate surface area is 96.2 Å². The molecule has 0 spiro atoms. The van der Waals surface area contributed by atoms with Gasteiger partial charge >= 0.3 is 5.97 Å². The fourth-order valence-corrected chi connectivity index (χ4v) is 1.40. The number of carbonyl (C=O) groups excluding carboxylic acids is 1. The molecule has 0 aromatic carbocycles. The van der Waals surface area contributed by atoms with Crippen LogP contribution in [-0.2, 0) is 19.0 Å². The minimum Gasteiger partial charge on any atom is -0.459 e. The van der Waals surface area contributed by atoms with Crippen LogP contribution in [0.3, 0.4) is 0 Å². The molecule has 1 aliphatic heterocycles. The van der Waals surface area contributed by atoms with Gasteiger partial charge in [0.1, 0.15) is 0 Å². The van der Waals surface area contributed by atoms with Crippen molar-refractivity contribution in [3.05, 3.63) is 0 Å². The van der Waals surface area contributed by atoms with E-state index in [1.807, 2.05) is 0 Å². The van der Waals surface area contributed by atoms with Crippen LogP contribution in [0.4, 0.5) is 0 Å². The van der Waals surface area contributed by atoms with E-state index in [-0.39, 0.29) is 6.29 Å². The molecule has 1 atom stereocenters. The van der Waals surface area contributed by atoms with Crippen molar-refractivity contribution in [3.63, 3.8) is 0 Å². The molecule has 1 unspecified atom stereocenters. The SMILES string of the molecule is COC(=O)C#CCCCOC1CCCCO1. The number of methoxy groups -OCH3 is 1. The normalized spacial score (nSPS) is 19.7. The van der Waals surface area contributed by atoms with Crippen molar-refractivity contribution in [3.8, 4) is 11.8 Å². The molecule has 0 amide bonds. The van der Waals surface area contributed by atoms with Crippen LogP contribution in [0.25, 0.3) is 0 Å². The van der Waals surface area contributed by atoms with Crippen molar-refractivity contribution in [2.75, 3.05) is 20.3 Å². The largest absolute Gasteiger partial charge is 0.459 e. The molecule has 0 radical (unpaired) electrons. The fraction of sp³-hybridized carbons (Fsp3) is 0.750. The first kappa shape index (κ1) is 13.0. The number of carbonyl (C=O) groups is 1. The lowest BCUT2D eigenvalue weighted by atomic mass is 10.2. The van der Waals surface area contributed by atoms with Gasteiger partial charge in [-0.25, -0.2) is 4.79 Å². The second kappa shape index (κ2) is 8.14. The van der Waals surface area contributed by atoms with Crippen LogP contribution >= 0.6 is 0 Å². The highest BCUT2D eigenvalue weighted by atomic mass is 16.7. The van der Waals surface area contributed by atoms with Crippen LogP contribution in [0.1, 0.15) is 32.1 Å². The third-order valence-corrected chi connectivity index (χ3v) is 2.26. The average molecular weight is 226 g/mol. The van der Waals surface area contributed by atoms with Gasteiger partial charge in [-0.3, -0.25) is 0 Å². The number of unbranched alkanes of at least 4 members (excludes halogenated alkanes) is 1. The van der Waals surface area contributed by atoms with Crippen molar-refractivity contribution in [1.29, 1.82) is 0 Å². The van der Waals surface area contributed by atoms with Gasteiger partial charge < -0.3 is 14.2 Å². The van der Waals surface area contributed by atoms with Gasteiger partial charge in [0.2, 0.25) is 0 Å². The summed E-state index contributed by atoms with van der Waals surface area (Å²) in [6, 6.07) is 0. The lowest BCUT2D eigenvalue weighted by Gasteiger charge is -2.22. The van der Waals surface area contributed by atoms with Gasteiger partial charge in [-0.1, -0.05) is 5.92 Å². The molecule has 4 nitrogen and oxygen atoms in total. The highest BCUT2D eigenvalue weighted by molar-refractivity contribution is 5.88. The molecule has 90 valence electrons. The number of hydrogen-bond donors (Lipinski definition) is 0. The van der Waals surface area contributed by atoms with E-state index in [9.17, 15) is 4.79 Å². The molecule has 1 heterocycles. The molecule has 1 fully saturated rings. The molecular formula is C12H18O4. The molecule has 0 aliphatic carbocycles. The second-order valence-corrected chi connectivity index (χ2v) is 3.56. The summed E-state index contributed by atoms with van der Waals surface area (Å²) in [5.74, 6) is 4.61. The molecule has 1 saturated heterocycles. The Kier molecular flexibility index (Phi) is 6.62. The zero-order valence-corrected chi connectivity index (χ0v) is 9.66. The van der Waals surface area contributed by atoms with Crippen LogP contribution in [-0.4, -0.2) is 32.6 Å². The van der Waals surface area contributed by atoms with Gasteiger partial charge in [0.25, 0.3) is 0 Å². The smallest absolute Gasteiger partial charge is 0.384 e. The molecule has 0 aromatic rings. The zero-order valence-electron chi connectivity index (χ0n) is 9.66. The lowest BCUT2D eigenvalue weighted by molar-refractivity contribution is -0.162. The number of hydrogen-bond acceptors (Lipinski definition) is 4. The molecule has 0 aromatic heterocycles. The predicted octanol–water partition coefficient (Wildman–Crippen LogP) is 1.49. The monoisotopic (exact) mass is 226 g/mol. The van der Waals surface area contributed by atoms with Crippen LogP contribution in [0.2, 0.25) is 0 Å². The molecule has 1 rings (SSSR count). The van der Waals surface area contributed by atoms with Gasteiger partial charge in [0.15, 0.2) is 6.29 Å². The summed E-state index contributed by atoms with van der Waals surface area (Å²) in [6.45, 7) is 1.42. The van der Waals surface area contributed by atoms with Crippen molar-refractivity contribution in [2.24, 2.45) is 0 Å². The van der Waals surface area contributed by atoms with Gasteiger partial charge in [0.05, 0.1) is 13.7 Å².